The molecule has 0 saturated heterocycles. The molecule has 0 saturated carbocycles. The summed E-state index contributed by atoms with van der Waals surface area (Å²) in [7, 11) is 3.18. The number of Topliss-reactive ketones (excluding diaryl/α,β-unsaturated/α-hetero) is 1. The summed E-state index contributed by atoms with van der Waals surface area (Å²) < 4.78 is 6.66. The molecular weight excluding hydrogens is 386 g/mol. The number of hydrogen-bond acceptors (Lipinski definition) is 6. The summed E-state index contributed by atoms with van der Waals surface area (Å²) in [4.78, 5) is 40.9. The van der Waals surface area contributed by atoms with Gasteiger partial charge in [0, 0.05) is 31.4 Å². The molecule has 9 nitrogen and oxygen atoms in total. The van der Waals surface area contributed by atoms with Crippen LogP contribution in [-0.4, -0.2) is 45.5 Å². The lowest BCUT2D eigenvalue weighted by Crippen LogP contribution is -2.47. The van der Waals surface area contributed by atoms with Gasteiger partial charge < -0.3 is 15.8 Å². The molecule has 3 rings (SSSR count). The second-order valence-electron chi connectivity index (χ2n) is 6.62. The first kappa shape index (κ1) is 20.7. The quantitative estimate of drug-likeness (QED) is 0.534. The number of benzene rings is 1. The minimum atomic E-state index is -1.11. The summed E-state index contributed by atoms with van der Waals surface area (Å²) >= 11 is 0. The highest BCUT2D eigenvalue weighted by Crippen LogP contribution is 2.24. The molecule has 154 valence electrons. The van der Waals surface area contributed by atoms with E-state index in [-0.39, 0.29) is 12.0 Å². The van der Waals surface area contributed by atoms with Gasteiger partial charge in [-0.05, 0) is 11.6 Å². The number of hydrogen-bond donors (Lipinski definition) is 2. The van der Waals surface area contributed by atoms with Gasteiger partial charge in [-0.2, -0.15) is 5.10 Å². The van der Waals surface area contributed by atoms with Crippen molar-refractivity contribution >= 4 is 17.6 Å². The monoisotopic (exact) mass is 407 g/mol. The zero-order valence-electron chi connectivity index (χ0n) is 16.5. The summed E-state index contributed by atoms with van der Waals surface area (Å²) in [6.07, 6.45) is 4.74. The first-order valence-corrected chi connectivity index (χ1v) is 9.10. The molecule has 1 aromatic carbocycles. The minimum Gasteiger partial charge on any atom is -0.495 e. The van der Waals surface area contributed by atoms with Gasteiger partial charge in [-0.1, -0.05) is 30.3 Å². The van der Waals surface area contributed by atoms with E-state index in [0.717, 1.165) is 5.56 Å². The van der Waals surface area contributed by atoms with E-state index in [9.17, 15) is 14.4 Å². The number of aryl methyl sites for hydroxylation is 1. The summed E-state index contributed by atoms with van der Waals surface area (Å²) in [6, 6.07) is 9.62. The van der Waals surface area contributed by atoms with Gasteiger partial charge in [0.05, 0.1) is 18.9 Å². The van der Waals surface area contributed by atoms with Gasteiger partial charge in [0.2, 0.25) is 5.78 Å². The summed E-state index contributed by atoms with van der Waals surface area (Å²) in [5.41, 5.74) is 7.12. The number of aromatic nitrogens is 3. The van der Waals surface area contributed by atoms with Gasteiger partial charge in [0.15, 0.2) is 0 Å². The van der Waals surface area contributed by atoms with E-state index < -0.39 is 23.6 Å². The van der Waals surface area contributed by atoms with Crippen LogP contribution in [0.4, 0.5) is 0 Å². The molecule has 0 radical (unpaired) electrons. The zero-order valence-corrected chi connectivity index (χ0v) is 16.5. The summed E-state index contributed by atoms with van der Waals surface area (Å²) in [6.45, 7) is 0. The molecule has 0 fully saturated rings. The van der Waals surface area contributed by atoms with Crippen LogP contribution in [0.5, 0.6) is 5.75 Å². The topological polar surface area (TPSA) is 129 Å². The fourth-order valence-electron chi connectivity index (χ4n) is 2.99. The van der Waals surface area contributed by atoms with E-state index in [2.05, 4.69) is 15.4 Å². The number of nitrogens with two attached hydrogens (primary N) is 1. The molecule has 2 heterocycles. The van der Waals surface area contributed by atoms with Crippen molar-refractivity contribution in [1.29, 1.82) is 0 Å². The third-order valence-electron chi connectivity index (χ3n) is 4.44. The van der Waals surface area contributed by atoms with Crippen molar-refractivity contribution in [2.45, 2.75) is 12.5 Å². The lowest BCUT2D eigenvalue weighted by molar-refractivity contribution is -0.137. The van der Waals surface area contributed by atoms with E-state index >= 15 is 0 Å². The molecule has 0 bridgehead atoms. The van der Waals surface area contributed by atoms with E-state index in [4.69, 9.17) is 10.5 Å². The maximum Gasteiger partial charge on any atom is 0.287 e. The molecule has 1 unspecified atom stereocenters. The molecule has 0 aliphatic rings. The van der Waals surface area contributed by atoms with Crippen LogP contribution < -0.4 is 15.8 Å². The Bertz CT molecular complexity index is 1080. The molecule has 30 heavy (non-hydrogen) atoms. The number of pyridine rings is 1. The lowest BCUT2D eigenvalue weighted by atomic mass is 10.0. The number of rotatable bonds is 8. The SMILES string of the molecule is COc1cncc(-c2nn(C)cc2C(=O)NC(Cc2ccccc2)C(=O)C(N)=O)c1. The van der Waals surface area contributed by atoms with E-state index in [1.807, 2.05) is 6.07 Å². The second-order valence-corrected chi connectivity index (χ2v) is 6.62. The predicted octanol–water partition coefficient (Wildman–Crippen LogP) is 0.886. The average molecular weight is 407 g/mol. The number of carbonyl (C=O) groups is 3. The Morgan fingerprint density at radius 3 is 2.60 bits per heavy atom. The van der Waals surface area contributed by atoms with Crippen LogP contribution in [-0.2, 0) is 23.1 Å². The number of methoxy groups -OCH3 is 1. The van der Waals surface area contributed by atoms with Gasteiger partial charge in [0.25, 0.3) is 11.8 Å². The lowest BCUT2D eigenvalue weighted by Gasteiger charge is -2.16. The van der Waals surface area contributed by atoms with Crippen LogP contribution in [0.1, 0.15) is 15.9 Å². The van der Waals surface area contributed by atoms with Crippen LogP contribution in [0.2, 0.25) is 0 Å². The molecule has 2 aromatic heterocycles. The highest BCUT2D eigenvalue weighted by Gasteiger charge is 2.27. The molecule has 0 aliphatic heterocycles. The molecule has 1 atom stereocenters. The number of primary amides is 1. The Balaban J connectivity index is 1.90. The standard InChI is InChI=1S/C21H21N5O4/c1-26-12-16(18(25-26)14-9-15(30-2)11-23-10-14)21(29)24-17(19(27)20(22)28)8-13-6-4-3-5-7-13/h3-7,9-12,17H,8H2,1-2H3,(H2,22,28)(H,24,29). The van der Waals surface area contributed by atoms with Gasteiger partial charge >= 0.3 is 0 Å². The Hall–Kier alpha value is -4.01. The molecule has 3 aromatic rings. The first-order valence-electron chi connectivity index (χ1n) is 9.10. The Morgan fingerprint density at radius 2 is 1.93 bits per heavy atom. The molecule has 9 heteroatoms. The van der Waals surface area contributed by atoms with Crippen LogP contribution in [0.25, 0.3) is 11.3 Å². The maximum absolute atomic E-state index is 13.0. The third kappa shape index (κ3) is 4.69. The predicted molar refractivity (Wildman–Crippen MR) is 109 cm³/mol. The third-order valence-corrected chi connectivity index (χ3v) is 4.44. The van der Waals surface area contributed by atoms with Gasteiger partial charge in [-0.3, -0.25) is 24.0 Å². The Morgan fingerprint density at radius 1 is 1.20 bits per heavy atom. The van der Waals surface area contributed by atoms with Crippen molar-refractivity contribution in [3.8, 4) is 17.0 Å². The number of nitrogens with zero attached hydrogens (tertiary/aromatic N) is 3. The van der Waals surface area contributed by atoms with Crippen molar-refractivity contribution in [1.82, 2.24) is 20.1 Å². The molecule has 3 N–H and O–H groups in total. The summed E-state index contributed by atoms with van der Waals surface area (Å²) in [5.74, 6) is -2.04. The smallest absolute Gasteiger partial charge is 0.287 e. The van der Waals surface area contributed by atoms with Crippen molar-refractivity contribution in [3.05, 3.63) is 66.1 Å². The van der Waals surface area contributed by atoms with E-state index in [0.29, 0.717) is 17.0 Å². The van der Waals surface area contributed by atoms with E-state index in [1.54, 1.807) is 43.6 Å². The van der Waals surface area contributed by atoms with Crippen molar-refractivity contribution in [3.63, 3.8) is 0 Å². The average Bonchev–Trinajstić information content (AvgIpc) is 3.15. The molecular formula is C21H21N5O4. The molecule has 2 amide bonds. The highest BCUT2D eigenvalue weighted by atomic mass is 16.5. The number of ether oxygens (including phenoxy) is 1. The van der Waals surface area contributed by atoms with Crippen molar-refractivity contribution < 1.29 is 19.1 Å². The molecule has 0 spiro atoms. The fraction of sp³-hybridized carbons (Fsp3) is 0.190. The van der Waals surface area contributed by atoms with E-state index in [1.165, 1.54) is 24.2 Å². The fourth-order valence-corrected chi connectivity index (χ4v) is 2.99. The Labute approximate surface area is 172 Å². The van der Waals surface area contributed by atoms with Crippen molar-refractivity contribution in [2.75, 3.05) is 7.11 Å². The Kier molecular flexibility index (Phi) is 6.21. The van der Waals surface area contributed by atoms with Crippen LogP contribution >= 0.6 is 0 Å². The minimum absolute atomic E-state index is 0.130. The van der Waals surface area contributed by atoms with Gasteiger partial charge in [0.1, 0.15) is 17.5 Å². The molecule has 0 aliphatic carbocycles. The zero-order chi connectivity index (χ0) is 21.7. The highest BCUT2D eigenvalue weighted by molar-refractivity contribution is 6.38. The largest absolute Gasteiger partial charge is 0.495 e. The van der Waals surface area contributed by atoms with Crippen LogP contribution in [0.3, 0.4) is 0 Å². The summed E-state index contributed by atoms with van der Waals surface area (Å²) in [5, 5.41) is 6.95. The number of carbonyl (C=O) groups excluding carboxylic acids is 3. The maximum atomic E-state index is 13.0. The first-order chi connectivity index (χ1) is 14.4. The van der Waals surface area contributed by atoms with Gasteiger partial charge in [-0.25, -0.2) is 0 Å². The van der Waals surface area contributed by atoms with Crippen LogP contribution in [0, 0.1) is 0 Å². The number of ketones is 1. The van der Waals surface area contributed by atoms with Crippen LogP contribution in [0.15, 0.2) is 55.0 Å². The second kappa shape index (κ2) is 8.99. The number of amides is 2. The van der Waals surface area contributed by atoms with Gasteiger partial charge in [-0.15, -0.1) is 0 Å². The number of nitrogens with one attached hydrogen (secondary N) is 1. The van der Waals surface area contributed by atoms with Crippen molar-refractivity contribution in [2.24, 2.45) is 12.8 Å². The normalized spacial score (nSPS) is 11.5.